The fourth-order valence-corrected chi connectivity index (χ4v) is 2.20. The van der Waals surface area contributed by atoms with Gasteiger partial charge in [0.1, 0.15) is 0 Å². The number of aromatic nitrogens is 1. The fraction of sp³-hybridized carbons (Fsp3) is 0.267. The normalized spacial score (nSPS) is 12.5. The molecule has 3 N–H and O–H groups in total. The van der Waals surface area contributed by atoms with Gasteiger partial charge in [-0.15, -0.1) is 6.58 Å². The van der Waals surface area contributed by atoms with Crippen LogP contribution >= 0.6 is 0 Å². The smallest absolute Gasteiger partial charge is 0.0750 e. The molecule has 0 amide bonds. The predicted octanol–water partition coefficient (Wildman–Crippen LogP) is 3.10. The molecule has 1 atom stereocenters. The molecule has 0 saturated carbocycles. The van der Waals surface area contributed by atoms with E-state index in [1.54, 1.807) is 0 Å². The van der Waals surface area contributed by atoms with Gasteiger partial charge in [0.15, 0.2) is 0 Å². The summed E-state index contributed by atoms with van der Waals surface area (Å²) in [4.78, 5) is 4.46. The van der Waals surface area contributed by atoms with E-state index < -0.39 is 0 Å². The van der Waals surface area contributed by atoms with Crippen molar-refractivity contribution in [3.8, 4) is 0 Å². The first-order valence-corrected chi connectivity index (χ1v) is 6.27. The van der Waals surface area contributed by atoms with E-state index in [-0.39, 0.29) is 6.04 Å². The van der Waals surface area contributed by atoms with Gasteiger partial charge in [0, 0.05) is 17.6 Å². The van der Waals surface area contributed by atoms with Crippen LogP contribution in [0.5, 0.6) is 0 Å². The third-order valence-electron chi connectivity index (χ3n) is 3.14. The van der Waals surface area contributed by atoms with E-state index in [0.29, 0.717) is 0 Å². The van der Waals surface area contributed by atoms with Crippen molar-refractivity contribution in [2.75, 3.05) is 0 Å². The summed E-state index contributed by atoms with van der Waals surface area (Å²) in [5.74, 6) is 5.67. The van der Waals surface area contributed by atoms with Gasteiger partial charge in [-0.3, -0.25) is 16.3 Å². The summed E-state index contributed by atoms with van der Waals surface area (Å²) < 4.78 is 0. The second kappa shape index (κ2) is 6.28. The van der Waals surface area contributed by atoms with Crippen LogP contribution in [0.4, 0.5) is 0 Å². The lowest BCUT2D eigenvalue weighted by Crippen LogP contribution is -2.28. The van der Waals surface area contributed by atoms with Crippen molar-refractivity contribution in [1.29, 1.82) is 0 Å². The summed E-state index contributed by atoms with van der Waals surface area (Å²) in [5.41, 5.74) is 5.09. The van der Waals surface area contributed by atoms with Crippen LogP contribution in [0.2, 0.25) is 0 Å². The van der Waals surface area contributed by atoms with E-state index >= 15 is 0 Å². The van der Waals surface area contributed by atoms with Crippen molar-refractivity contribution in [2.45, 2.75) is 25.3 Å². The van der Waals surface area contributed by atoms with Crippen LogP contribution in [0.15, 0.2) is 49.2 Å². The maximum Gasteiger partial charge on any atom is 0.0750 e. The van der Waals surface area contributed by atoms with Crippen molar-refractivity contribution in [2.24, 2.45) is 5.84 Å². The van der Waals surface area contributed by atoms with Gasteiger partial charge in [-0.05, 0) is 30.9 Å². The van der Waals surface area contributed by atoms with Crippen molar-refractivity contribution in [3.05, 3.63) is 54.7 Å². The summed E-state index contributed by atoms with van der Waals surface area (Å²) in [6.45, 7) is 3.74. The lowest BCUT2D eigenvalue weighted by molar-refractivity contribution is 0.503. The van der Waals surface area contributed by atoms with E-state index in [1.807, 2.05) is 18.3 Å². The Morgan fingerprint density at radius 2 is 2.17 bits per heavy atom. The molecule has 0 aliphatic heterocycles. The molecule has 3 nitrogen and oxygen atoms in total. The number of benzene rings is 1. The zero-order valence-corrected chi connectivity index (χ0v) is 10.5. The SMILES string of the molecule is C=CCCCC(NN)c1cccc2cccnc12. The lowest BCUT2D eigenvalue weighted by atomic mass is 9.98. The predicted molar refractivity (Wildman–Crippen MR) is 75.9 cm³/mol. The highest BCUT2D eigenvalue weighted by Gasteiger charge is 2.12. The second-order valence-electron chi connectivity index (χ2n) is 4.36. The Labute approximate surface area is 108 Å². The molecule has 18 heavy (non-hydrogen) atoms. The van der Waals surface area contributed by atoms with Crippen molar-refractivity contribution in [1.82, 2.24) is 10.4 Å². The maximum atomic E-state index is 5.67. The number of para-hydroxylation sites is 1. The van der Waals surface area contributed by atoms with Crippen molar-refractivity contribution >= 4 is 10.9 Å². The van der Waals surface area contributed by atoms with Gasteiger partial charge in [0.25, 0.3) is 0 Å². The summed E-state index contributed by atoms with van der Waals surface area (Å²) in [7, 11) is 0. The van der Waals surface area contributed by atoms with Crippen LogP contribution in [0, 0.1) is 0 Å². The highest BCUT2D eigenvalue weighted by Crippen LogP contribution is 2.25. The minimum Gasteiger partial charge on any atom is -0.271 e. The fourth-order valence-electron chi connectivity index (χ4n) is 2.20. The van der Waals surface area contributed by atoms with Gasteiger partial charge >= 0.3 is 0 Å². The molecule has 0 bridgehead atoms. The van der Waals surface area contributed by atoms with Crippen molar-refractivity contribution in [3.63, 3.8) is 0 Å². The molecule has 3 heteroatoms. The summed E-state index contributed by atoms with van der Waals surface area (Å²) in [5, 5.41) is 1.15. The molecule has 0 aliphatic carbocycles. The number of allylic oxidation sites excluding steroid dienone is 1. The summed E-state index contributed by atoms with van der Waals surface area (Å²) >= 11 is 0. The molecule has 1 heterocycles. The molecule has 94 valence electrons. The van der Waals surface area contributed by atoms with E-state index in [9.17, 15) is 0 Å². The average Bonchev–Trinajstić information content (AvgIpc) is 2.43. The second-order valence-corrected chi connectivity index (χ2v) is 4.36. The number of unbranched alkanes of at least 4 members (excludes halogenated alkanes) is 1. The molecule has 2 aromatic rings. The lowest BCUT2D eigenvalue weighted by Gasteiger charge is -2.17. The standard InChI is InChI=1S/C15H19N3/c1-2-3-4-10-14(18-16)13-9-5-7-12-8-6-11-17-15(12)13/h2,5-9,11,14,18H,1,3-4,10,16H2. The summed E-state index contributed by atoms with van der Waals surface area (Å²) in [6.07, 6.45) is 6.83. The molecule has 1 aromatic carbocycles. The number of hydrogen-bond donors (Lipinski definition) is 2. The van der Waals surface area contributed by atoms with Gasteiger partial charge in [0.2, 0.25) is 0 Å². The zero-order chi connectivity index (χ0) is 12.8. The van der Waals surface area contributed by atoms with E-state index in [2.05, 4.69) is 41.3 Å². The van der Waals surface area contributed by atoms with Crippen LogP contribution < -0.4 is 11.3 Å². The van der Waals surface area contributed by atoms with Crippen LogP contribution in [-0.2, 0) is 0 Å². The Morgan fingerprint density at radius 1 is 1.33 bits per heavy atom. The van der Waals surface area contributed by atoms with Crippen LogP contribution in [0.25, 0.3) is 10.9 Å². The van der Waals surface area contributed by atoms with Gasteiger partial charge in [-0.1, -0.05) is 30.3 Å². The number of pyridine rings is 1. The van der Waals surface area contributed by atoms with Gasteiger partial charge in [-0.25, -0.2) is 0 Å². The molecule has 1 unspecified atom stereocenters. The molecule has 0 fully saturated rings. The zero-order valence-electron chi connectivity index (χ0n) is 10.5. The number of fused-ring (bicyclic) bond motifs is 1. The largest absolute Gasteiger partial charge is 0.271 e. The van der Waals surface area contributed by atoms with E-state index in [0.717, 1.165) is 30.2 Å². The van der Waals surface area contributed by atoms with Gasteiger partial charge < -0.3 is 0 Å². The Hall–Kier alpha value is -1.71. The Morgan fingerprint density at radius 3 is 2.94 bits per heavy atom. The van der Waals surface area contributed by atoms with E-state index in [1.165, 1.54) is 5.56 Å². The molecular formula is C15H19N3. The minimum atomic E-state index is 0.142. The minimum absolute atomic E-state index is 0.142. The molecule has 0 spiro atoms. The molecule has 0 saturated heterocycles. The molecule has 0 aliphatic rings. The average molecular weight is 241 g/mol. The first kappa shape index (κ1) is 12.7. The van der Waals surface area contributed by atoms with Gasteiger partial charge in [-0.2, -0.15) is 0 Å². The number of hydrogen-bond acceptors (Lipinski definition) is 3. The maximum absolute atomic E-state index is 5.67. The molecule has 2 rings (SSSR count). The topological polar surface area (TPSA) is 50.9 Å². The summed E-state index contributed by atoms with van der Waals surface area (Å²) in [6, 6.07) is 10.4. The molecular weight excluding hydrogens is 222 g/mol. The number of nitrogens with zero attached hydrogens (tertiary/aromatic N) is 1. The van der Waals surface area contributed by atoms with Crippen LogP contribution in [-0.4, -0.2) is 4.98 Å². The highest BCUT2D eigenvalue weighted by molar-refractivity contribution is 5.81. The van der Waals surface area contributed by atoms with Gasteiger partial charge in [0.05, 0.1) is 5.52 Å². The number of rotatable bonds is 6. The molecule has 0 radical (unpaired) electrons. The van der Waals surface area contributed by atoms with Crippen molar-refractivity contribution < 1.29 is 0 Å². The van der Waals surface area contributed by atoms with Crippen LogP contribution in [0.1, 0.15) is 30.9 Å². The molecule has 1 aromatic heterocycles. The van der Waals surface area contributed by atoms with Crippen LogP contribution in [0.3, 0.4) is 0 Å². The number of nitrogens with one attached hydrogen (secondary N) is 1. The third kappa shape index (κ3) is 2.75. The third-order valence-corrected chi connectivity index (χ3v) is 3.14. The highest BCUT2D eigenvalue weighted by atomic mass is 15.2. The Kier molecular flexibility index (Phi) is 4.45. The number of nitrogens with two attached hydrogens (primary N) is 1. The quantitative estimate of drug-likeness (QED) is 0.353. The Bertz CT molecular complexity index is 517. The monoisotopic (exact) mass is 241 g/mol. The Balaban J connectivity index is 2.29. The first-order valence-electron chi connectivity index (χ1n) is 6.27. The van der Waals surface area contributed by atoms with E-state index in [4.69, 9.17) is 5.84 Å². The number of hydrazine groups is 1. The first-order chi connectivity index (χ1) is 8.86.